The number of carboxylic acids is 1. The number of carbonyl (C=O) groups is 2. The molecule has 0 atom stereocenters. The first-order valence-electron chi connectivity index (χ1n) is 5.89. The Balaban J connectivity index is 2.70. The monoisotopic (exact) mass is 270 g/mol. The first kappa shape index (κ1) is 14.6. The molecule has 0 spiro atoms. The van der Waals surface area contributed by atoms with Crippen molar-refractivity contribution in [2.75, 3.05) is 5.32 Å². The van der Waals surface area contributed by atoms with Gasteiger partial charge in [-0.1, -0.05) is 13.8 Å². The molecule has 6 heteroatoms. The van der Waals surface area contributed by atoms with Gasteiger partial charge in [0.15, 0.2) is 5.13 Å². The average molecular weight is 270 g/mol. The second kappa shape index (κ2) is 5.95. The highest BCUT2D eigenvalue weighted by Gasteiger charge is 2.37. The van der Waals surface area contributed by atoms with Gasteiger partial charge in [-0.25, -0.2) is 4.98 Å². The lowest BCUT2D eigenvalue weighted by atomic mass is 9.79. The largest absolute Gasteiger partial charge is 0.481 e. The van der Waals surface area contributed by atoms with Gasteiger partial charge in [0.2, 0.25) is 5.91 Å². The molecule has 0 radical (unpaired) electrons. The Kier molecular flexibility index (Phi) is 4.84. The van der Waals surface area contributed by atoms with E-state index in [4.69, 9.17) is 0 Å². The number of thiazole rings is 1. The average Bonchev–Trinajstić information content (AvgIpc) is 2.71. The Morgan fingerprint density at radius 2 is 2.06 bits per heavy atom. The van der Waals surface area contributed by atoms with Gasteiger partial charge in [0.25, 0.3) is 0 Å². The van der Waals surface area contributed by atoms with Crippen LogP contribution in [-0.4, -0.2) is 22.0 Å². The molecular formula is C12H18N2O3S. The summed E-state index contributed by atoms with van der Waals surface area (Å²) in [6.45, 7) is 5.42. The van der Waals surface area contributed by atoms with Crippen molar-refractivity contribution in [2.24, 2.45) is 5.41 Å². The van der Waals surface area contributed by atoms with Crippen LogP contribution in [0, 0.1) is 12.3 Å². The van der Waals surface area contributed by atoms with Gasteiger partial charge < -0.3 is 10.4 Å². The lowest BCUT2D eigenvalue weighted by Crippen LogP contribution is -2.34. The molecule has 0 fully saturated rings. The Labute approximate surface area is 110 Å². The first-order valence-corrected chi connectivity index (χ1v) is 6.77. The van der Waals surface area contributed by atoms with Crippen LogP contribution in [0.3, 0.4) is 0 Å². The Hall–Kier alpha value is -1.43. The summed E-state index contributed by atoms with van der Waals surface area (Å²) >= 11 is 1.34. The van der Waals surface area contributed by atoms with Crippen LogP contribution in [0.1, 0.15) is 38.8 Å². The van der Waals surface area contributed by atoms with Crippen molar-refractivity contribution in [1.29, 1.82) is 0 Å². The van der Waals surface area contributed by atoms with E-state index in [0.29, 0.717) is 18.0 Å². The van der Waals surface area contributed by atoms with Crippen LogP contribution in [0.15, 0.2) is 5.38 Å². The van der Waals surface area contributed by atoms with E-state index >= 15 is 0 Å². The van der Waals surface area contributed by atoms with Gasteiger partial charge in [0.05, 0.1) is 11.1 Å². The van der Waals surface area contributed by atoms with Gasteiger partial charge in [-0.2, -0.15) is 0 Å². The fourth-order valence-corrected chi connectivity index (χ4v) is 2.46. The minimum Gasteiger partial charge on any atom is -0.481 e. The molecule has 1 aromatic heterocycles. The highest BCUT2D eigenvalue weighted by atomic mass is 32.1. The van der Waals surface area contributed by atoms with Crippen LogP contribution >= 0.6 is 11.3 Å². The summed E-state index contributed by atoms with van der Waals surface area (Å²) in [5, 5.41) is 14.2. The molecule has 1 amide bonds. The van der Waals surface area contributed by atoms with Gasteiger partial charge >= 0.3 is 5.97 Å². The van der Waals surface area contributed by atoms with E-state index in [9.17, 15) is 14.7 Å². The molecule has 0 aromatic carbocycles. The van der Waals surface area contributed by atoms with Crippen LogP contribution in [0.25, 0.3) is 0 Å². The van der Waals surface area contributed by atoms with Crippen molar-refractivity contribution >= 4 is 28.3 Å². The number of hydrogen-bond donors (Lipinski definition) is 2. The van der Waals surface area contributed by atoms with Crippen molar-refractivity contribution < 1.29 is 14.7 Å². The quantitative estimate of drug-likeness (QED) is 0.833. The lowest BCUT2D eigenvalue weighted by Gasteiger charge is -2.25. The van der Waals surface area contributed by atoms with Crippen LogP contribution in [0.5, 0.6) is 0 Å². The topological polar surface area (TPSA) is 79.3 Å². The zero-order valence-electron chi connectivity index (χ0n) is 10.8. The third kappa shape index (κ3) is 3.29. The number of nitrogens with one attached hydrogen (secondary N) is 1. The van der Waals surface area contributed by atoms with Crippen molar-refractivity contribution in [2.45, 2.75) is 40.0 Å². The summed E-state index contributed by atoms with van der Waals surface area (Å²) in [5.74, 6) is -1.21. The molecule has 18 heavy (non-hydrogen) atoms. The molecule has 0 bridgehead atoms. The predicted octanol–water partition coefficient (Wildman–Crippen LogP) is 2.67. The molecule has 1 heterocycles. The van der Waals surface area contributed by atoms with Gasteiger partial charge in [0.1, 0.15) is 0 Å². The zero-order valence-corrected chi connectivity index (χ0v) is 11.6. The minimum absolute atomic E-state index is 0.0199. The number of aliphatic carboxylic acids is 1. The van der Waals surface area contributed by atoms with Gasteiger partial charge in [0, 0.05) is 11.8 Å². The van der Waals surface area contributed by atoms with Crippen molar-refractivity contribution in [3.05, 3.63) is 11.1 Å². The number of anilines is 1. The molecule has 2 N–H and O–H groups in total. The maximum atomic E-state index is 11.9. The van der Waals surface area contributed by atoms with Crippen LogP contribution in [-0.2, 0) is 9.59 Å². The standard InChI is InChI=1S/C12H18N2O3S/c1-4-12(5-2,10(16)17)6-9(15)14-11-13-8(3)7-18-11/h7H,4-6H2,1-3H3,(H,16,17)(H,13,14,15). The molecular weight excluding hydrogens is 252 g/mol. The SMILES string of the molecule is CCC(CC)(CC(=O)Nc1nc(C)cs1)C(=O)O. The van der Waals surface area contributed by atoms with E-state index in [1.165, 1.54) is 11.3 Å². The highest BCUT2D eigenvalue weighted by Crippen LogP contribution is 2.31. The van der Waals surface area contributed by atoms with Gasteiger partial charge in [-0.05, 0) is 19.8 Å². The molecule has 1 rings (SSSR count). The molecule has 5 nitrogen and oxygen atoms in total. The zero-order chi connectivity index (χ0) is 13.8. The number of rotatable bonds is 6. The molecule has 0 unspecified atom stereocenters. The van der Waals surface area contributed by atoms with Gasteiger partial charge in [-0.15, -0.1) is 11.3 Å². The Bertz CT molecular complexity index is 438. The summed E-state index contributed by atoms with van der Waals surface area (Å²) < 4.78 is 0. The summed E-state index contributed by atoms with van der Waals surface area (Å²) in [6, 6.07) is 0. The van der Waals surface area contributed by atoms with Gasteiger partial charge in [-0.3, -0.25) is 9.59 Å². The van der Waals surface area contributed by atoms with Crippen molar-refractivity contribution in [3.8, 4) is 0 Å². The normalized spacial score (nSPS) is 11.3. The molecule has 1 aromatic rings. The van der Waals surface area contributed by atoms with E-state index in [0.717, 1.165) is 5.69 Å². The summed E-state index contributed by atoms with van der Waals surface area (Å²) in [7, 11) is 0. The molecule has 0 saturated heterocycles. The lowest BCUT2D eigenvalue weighted by molar-refractivity contribution is -0.151. The van der Waals surface area contributed by atoms with Crippen LogP contribution in [0.2, 0.25) is 0 Å². The Morgan fingerprint density at radius 1 is 1.44 bits per heavy atom. The van der Waals surface area contributed by atoms with Crippen LogP contribution in [0.4, 0.5) is 5.13 Å². The third-order valence-electron chi connectivity index (χ3n) is 3.17. The van der Waals surface area contributed by atoms with Crippen LogP contribution < -0.4 is 5.32 Å². The van der Waals surface area contributed by atoms with E-state index in [2.05, 4.69) is 10.3 Å². The number of carboxylic acid groups (broad SMARTS) is 1. The second-order valence-corrected chi connectivity index (χ2v) is 5.17. The van der Waals surface area contributed by atoms with E-state index in [1.54, 1.807) is 13.8 Å². The maximum absolute atomic E-state index is 11.9. The van der Waals surface area contributed by atoms with Crippen molar-refractivity contribution in [3.63, 3.8) is 0 Å². The maximum Gasteiger partial charge on any atom is 0.310 e. The molecule has 0 aliphatic carbocycles. The van der Waals surface area contributed by atoms with E-state index in [1.807, 2.05) is 12.3 Å². The third-order valence-corrected chi connectivity index (χ3v) is 4.05. The molecule has 0 saturated carbocycles. The first-order chi connectivity index (χ1) is 8.43. The number of nitrogens with zero attached hydrogens (tertiary/aromatic N) is 1. The number of amides is 1. The van der Waals surface area contributed by atoms with Crippen molar-refractivity contribution in [1.82, 2.24) is 4.98 Å². The fourth-order valence-electron chi connectivity index (χ4n) is 1.76. The molecule has 100 valence electrons. The predicted molar refractivity (Wildman–Crippen MR) is 70.7 cm³/mol. The number of aromatic nitrogens is 1. The van der Waals surface area contributed by atoms with E-state index in [-0.39, 0.29) is 12.3 Å². The summed E-state index contributed by atoms with van der Waals surface area (Å²) in [4.78, 5) is 27.3. The number of carbonyl (C=O) groups excluding carboxylic acids is 1. The fraction of sp³-hybridized carbons (Fsp3) is 0.583. The summed E-state index contributed by atoms with van der Waals surface area (Å²) in [6.07, 6.45) is 0.847. The van der Waals surface area contributed by atoms with E-state index < -0.39 is 11.4 Å². The Morgan fingerprint density at radius 3 is 2.44 bits per heavy atom. The molecule has 0 aliphatic rings. The second-order valence-electron chi connectivity index (χ2n) is 4.31. The summed E-state index contributed by atoms with van der Waals surface area (Å²) in [5.41, 5.74) is -0.137. The minimum atomic E-state index is -0.976. The molecule has 0 aliphatic heterocycles. The smallest absolute Gasteiger partial charge is 0.310 e. The highest BCUT2D eigenvalue weighted by molar-refractivity contribution is 7.13. The number of aryl methyl sites for hydroxylation is 1. The number of hydrogen-bond acceptors (Lipinski definition) is 4.